The fourth-order valence-electron chi connectivity index (χ4n) is 2.77. The van der Waals surface area contributed by atoms with Crippen LogP contribution in [0.5, 0.6) is 5.75 Å². The summed E-state index contributed by atoms with van der Waals surface area (Å²) in [5, 5.41) is 7.66. The monoisotopic (exact) mass is 351 g/mol. The molecule has 134 valence electrons. The van der Waals surface area contributed by atoms with Crippen molar-refractivity contribution >= 4 is 16.8 Å². The number of carbonyl (C=O) groups excluding carboxylic acids is 1. The highest BCUT2D eigenvalue weighted by Gasteiger charge is 2.06. The molecular weight excluding hydrogens is 330 g/mol. The fraction of sp³-hybridized carbons (Fsp3) is 0.250. The number of para-hydroxylation sites is 1. The lowest BCUT2D eigenvalue weighted by Crippen LogP contribution is -2.27. The summed E-state index contributed by atoms with van der Waals surface area (Å²) in [6.45, 7) is 0.999. The van der Waals surface area contributed by atoms with E-state index in [9.17, 15) is 9.59 Å². The predicted molar refractivity (Wildman–Crippen MR) is 100 cm³/mol. The third-order valence-corrected chi connectivity index (χ3v) is 4.21. The standard InChI is InChI=1S/C20H21N3O3/c1-26-16-8-6-15(7-9-16)10-12-21-20(25)11-13-23-18-5-3-2-4-17(18)19(24)14-22-23/h2-9,14H,10-13H2,1H3,(H,21,25). The van der Waals surface area contributed by atoms with Crippen LogP contribution >= 0.6 is 0 Å². The minimum atomic E-state index is -0.110. The molecule has 1 N–H and O–H groups in total. The maximum Gasteiger partial charge on any atom is 0.221 e. The first-order valence-electron chi connectivity index (χ1n) is 8.52. The average molecular weight is 351 g/mol. The number of aromatic nitrogens is 2. The number of fused-ring (bicyclic) bond motifs is 1. The molecule has 1 aromatic heterocycles. The molecule has 0 fully saturated rings. The average Bonchev–Trinajstić information content (AvgIpc) is 2.68. The maximum absolute atomic E-state index is 12.1. The van der Waals surface area contributed by atoms with Crippen LogP contribution in [0.2, 0.25) is 0 Å². The summed E-state index contributed by atoms with van der Waals surface area (Å²) >= 11 is 0. The van der Waals surface area contributed by atoms with E-state index in [1.54, 1.807) is 17.9 Å². The van der Waals surface area contributed by atoms with Crippen molar-refractivity contribution in [1.29, 1.82) is 0 Å². The van der Waals surface area contributed by atoms with Gasteiger partial charge in [0.05, 0.1) is 25.4 Å². The van der Waals surface area contributed by atoms with Crippen molar-refractivity contribution in [1.82, 2.24) is 15.1 Å². The lowest BCUT2D eigenvalue weighted by atomic mass is 10.1. The molecule has 2 aromatic carbocycles. The Labute approximate surface area is 151 Å². The third-order valence-electron chi connectivity index (χ3n) is 4.21. The lowest BCUT2D eigenvalue weighted by Gasteiger charge is -2.09. The van der Waals surface area contributed by atoms with Crippen molar-refractivity contribution in [3.8, 4) is 5.75 Å². The van der Waals surface area contributed by atoms with Gasteiger partial charge in [-0.15, -0.1) is 0 Å². The van der Waals surface area contributed by atoms with Crippen molar-refractivity contribution in [3.05, 3.63) is 70.5 Å². The number of hydrogen-bond donors (Lipinski definition) is 1. The number of benzene rings is 2. The van der Waals surface area contributed by atoms with E-state index in [4.69, 9.17) is 4.74 Å². The topological polar surface area (TPSA) is 73.2 Å². The van der Waals surface area contributed by atoms with Gasteiger partial charge in [0.25, 0.3) is 0 Å². The first-order chi connectivity index (χ1) is 12.7. The van der Waals surface area contributed by atoms with Crippen LogP contribution in [0.3, 0.4) is 0 Å². The van der Waals surface area contributed by atoms with Gasteiger partial charge in [0.1, 0.15) is 5.75 Å². The second-order valence-corrected chi connectivity index (χ2v) is 5.95. The van der Waals surface area contributed by atoms with E-state index >= 15 is 0 Å². The fourth-order valence-corrected chi connectivity index (χ4v) is 2.77. The van der Waals surface area contributed by atoms with Crippen LogP contribution in [-0.2, 0) is 17.8 Å². The number of hydrogen-bond acceptors (Lipinski definition) is 4. The summed E-state index contributed by atoms with van der Waals surface area (Å²) in [5.74, 6) is 0.779. The smallest absolute Gasteiger partial charge is 0.221 e. The van der Waals surface area contributed by atoms with E-state index in [0.29, 0.717) is 24.9 Å². The van der Waals surface area contributed by atoms with Gasteiger partial charge in [0.2, 0.25) is 11.3 Å². The molecule has 3 aromatic rings. The Hall–Kier alpha value is -3.15. The normalized spacial score (nSPS) is 10.7. The Morgan fingerprint density at radius 1 is 1.15 bits per heavy atom. The molecule has 0 radical (unpaired) electrons. The summed E-state index contributed by atoms with van der Waals surface area (Å²) in [6, 6.07) is 15.1. The third kappa shape index (κ3) is 4.27. The molecule has 0 aliphatic carbocycles. The Morgan fingerprint density at radius 2 is 1.92 bits per heavy atom. The molecule has 6 nitrogen and oxygen atoms in total. The summed E-state index contributed by atoms with van der Waals surface area (Å²) < 4.78 is 6.82. The number of ether oxygens (including phenoxy) is 1. The van der Waals surface area contributed by atoms with E-state index < -0.39 is 0 Å². The Balaban J connectivity index is 1.51. The largest absolute Gasteiger partial charge is 0.497 e. The van der Waals surface area contributed by atoms with Crippen molar-refractivity contribution in [2.24, 2.45) is 0 Å². The first kappa shape index (κ1) is 17.7. The van der Waals surface area contributed by atoms with Crippen molar-refractivity contribution < 1.29 is 9.53 Å². The van der Waals surface area contributed by atoms with Crippen LogP contribution in [0.15, 0.2) is 59.5 Å². The second kappa shape index (κ2) is 8.29. The Morgan fingerprint density at radius 3 is 2.69 bits per heavy atom. The first-order valence-corrected chi connectivity index (χ1v) is 8.52. The number of nitrogens with one attached hydrogen (secondary N) is 1. The zero-order valence-electron chi connectivity index (χ0n) is 14.6. The van der Waals surface area contributed by atoms with Gasteiger partial charge in [-0.3, -0.25) is 14.3 Å². The van der Waals surface area contributed by atoms with Gasteiger partial charge >= 0.3 is 0 Å². The highest BCUT2D eigenvalue weighted by atomic mass is 16.5. The van der Waals surface area contributed by atoms with E-state index in [1.807, 2.05) is 42.5 Å². The summed E-state index contributed by atoms with van der Waals surface area (Å²) in [6.07, 6.45) is 2.36. The highest BCUT2D eigenvalue weighted by Crippen LogP contribution is 2.11. The molecule has 0 atom stereocenters. The molecule has 0 saturated carbocycles. The molecule has 1 amide bonds. The summed E-state index contributed by atoms with van der Waals surface area (Å²) in [4.78, 5) is 23.9. The van der Waals surface area contributed by atoms with Gasteiger partial charge in [0.15, 0.2) is 0 Å². The van der Waals surface area contributed by atoms with Gasteiger partial charge in [-0.25, -0.2) is 0 Å². The zero-order valence-corrected chi connectivity index (χ0v) is 14.6. The number of rotatable bonds is 7. The quantitative estimate of drug-likeness (QED) is 0.708. The molecular formula is C20H21N3O3. The van der Waals surface area contributed by atoms with Crippen LogP contribution in [0.4, 0.5) is 0 Å². The molecule has 0 spiro atoms. The molecule has 1 heterocycles. The Kier molecular flexibility index (Phi) is 5.63. The van der Waals surface area contributed by atoms with E-state index in [-0.39, 0.29) is 11.3 Å². The van der Waals surface area contributed by atoms with Gasteiger partial charge in [-0.1, -0.05) is 24.3 Å². The van der Waals surface area contributed by atoms with E-state index in [0.717, 1.165) is 23.3 Å². The molecule has 3 rings (SSSR count). The van der Waals surface area contributed by atoms with Crippen LogP contribution < -0.4 is 15.5 Å². The lowest BCUT2D eigenvalue weighted by molar-refractivity contribution is -0.121. The SMILES string of the molecule is COc1ccc(CCNC(=O)CCn2ncc(=O)c3ccccc32)cc1. The molecule has 0 saturated heterocycles. The number of carbonyl (C=O) groups is 1. The van der Waals surface area contributed by atoms with Gasteiger partial charge in [0, 0.05) is 18.4 Å². The van der Waals surface area contributed by atoms with Crippen LogP contribution in [-0.4, -0.2) is 29.3 Å². The highest BCUT2D eigenvalue weighted by molar-refractivity contribution is 5.79. The summed E-state index contributed by atoms with van der Waals surface area (Å²) in [5.41, 5.74) is 1.77. The minimum absolute atomic E-state index is 0.0388. The van der Waals surface area contributed by atoms with Crippen LogP contribution in [0, 0.1) is 0 Å². The van der Waals surface area contributed by atoms with Gasteiger partial charge in [-0.2, -0.15) is 5.10 Å². The maximum atomic E-state index is 12.1. The molecule has 0 bridgehead atoms. The number of nitrogens with zero attached hydrogens (tertiary/aromatic N) is 2. The summed E-state index contributed by atoms with van der Waals surface area (Å²) in [7, 11) is 1.63. The van der Waals surface area contributed by atoms with E-state index in [2.05, 4.69) is 10.4 Å². The molecule has 0 unspecified atom stereocenters. The Bertz CT molecular complexity index is 948. The van der Waals surface area contributed by atoms with E-state index in [1.165, 1.54) is 6.20 Å². The predicted octanol–water partition coefficient (Wildman–Crippen LogP) is 2.15. The van der Waals surface area contributed by atoms with Crippen molar-refractivity contribution in [3.63, 3.8) is 0 Å². The molecule has 26 heavy (non-hydrogen) atoms. The minimum Gasteiger partial charge on any atom is -0.497 e. The second-order valence-electron chi connectivity index (χ2n) is 5.95. The van der Waals surface area contributed by atoms with Gasteiger partial charge in [-0.05, 0) is 36.2 Å². The number of aryl methyl sites for hydroxylation is 1. The van der Waals surface area contributed by atoms with Crippen molar-refractivity contribution in [2.45, 2.75) is 19.4 Å². The molecule has 0 aliphatic rings. The molecule has 0 aliphatic heterocycles. The van der Waals surface area contributed by atoms with Gasteiger partial charge < -0.3 is 10.1 Å². The number of amides is 1. The zero-order chi connectivity index (χ0) is 18.4. The molecule has 6 heteroatoms. The number of methoxy groups -OCH3 is 1. The van der Waals surface area contributed by atoms with Crippen LogP contribution in [0.1, 0.15) is 12.0 Å². The van der Waals surface area contributed by atoms with Crippen molar-refractivity contribution in [2.75, 3.05) is 13.7 Å². The van der Waals surface area contributed by atoms with Crippen LogP contribution in [0.25, 0.3) is 10.9 Å².